The molecule has 0 bridgehead atoms. The van der Waals surface area contributed by atoms with E-state index in [4.69, 9.17) is 19.9 Å². The number of aliphatic imine (C=N–C) groups is 1. The second-order valence-electron chi connectivity index (χ2n) is 7.51. The molecule has 5 rings (SSSR count). The standard InChI is InChI=1S/C23H21N5O3/c24-5-15-3-14(1-2-22(15)31-19-12-30-13-19)21-9-28-23-20(21)4-16(7-27-23)17(6-25)8-26-18-10-29-11-18/h1-4,6-9,18-19H,10-13,25H2,(H,27,28). The average molecular weight is 415 g/mol. The maximum atomic E-state index is 9.61. The number of nitrogens with zero attached hydrogens (tertiary/aromatic N) is 3. The van der Waals surface area contributed by atoms with Gasteiger partial charge in [-0.3, -0.25) is 4.99 Å². The Balaban J connectivity index is 1.48. The first kappa shape index (κ1) is 19.3. The number of pyridine rings is 1. The summed E-state index contributed by atoms with van der Waals surface area (Å²) in [6.45, 7) is 2.39. The number of aromatic nitrogens is 2. The molecule has 2 aliphatic heterocycles. The molecule has 8 nitrogen and oxygen atoms in total. The number of nitrogens with two attached hydrogens (primary N) is 1. The van der Waals surface area contributed by atoms with Crippen LogP contribution in [-0.4, -0.2) is 54.8 Å². The molecule has 2 fully saturated rings. The van der Waals surface area contributed by atoms with Crippen molar-refractivity contribution in [1.29, 1.82) is 5.26 Å². The Labute approximate surface area is 179 Å². The minimum absolute atomic E-state index is 0.00688. The SMILES string of the molecule is N#Cc1cc(-c2c[nH]c3ncc(C(C=NC4COC4)=CN)cc23)ccc1OC1COC1. The van der Waals surface area contributed by atoms with Gasteiger partial charge in [0.15, 0.2) is 0 Å². The van der Waals surface area contributed by atoms with Gasteiger partial charge in [-0.05, 0) is 23.8 Å². The van der Waals surface area contributed by atoms with Crippen LogP contribution in [0.5, 0.6) is 5.75 Å². The smallest absolute Gasteiger partial charge is 0.145 e. The fourth-order valence-corrected chi connectivity index (χ4v) is 3.46. The Kier molecular flexibility index (Phi) is 5.12. The van der Waals surface area contributed by atoms with Crippen molar-refractivity contribution in [2.24, 2.45) is 10.7 Å². The normalized spacial score (nSPS) is 17.5. The highest BCUT2D eigenvalue weighted by molar-refractivity contribution is 6.11. The summed E-state index contributed by atoms with van der Waals surface area (Å²) in [7, 11) is 0. The summed E-state index contributed by atoms with van der Waals surface area (Å²) < 4.78 is 16.1. The van der Waals surface area contributed by atoms with Crippen LogP contribution in [0.1, 0.15) is 11.1 Å². The lowest BCUT2D eigenvalue weighted by Gasteiger charge is -2.27. The van der Waals surface area contributed by atoms with E-state index in [1.165, 1.54) is 6.20 Å². The Morgan fingerprint density at radius 1 is 1.26 bits per heavy atom. The Bertz CT molecular complexity index is 1220. The second-order valence-corrected chi connectivity index (χ2v) is 7.51. The van der Waals surface area contributed by atoms with Crippen molar-refractivity contribution in [3.8, 4) is 22.9 Å². The average Bonchev–Trinajstić information content (AvgIpc) is 3.15. The van der Waals surface area contributed by atoms with Crippen molar-refractivity contribution in [1.82, 2.24) is 9.97 Å². The van der Waals surface area contributed by atoms with Crippen molar-refractivity contribution in [2.45, 2.75) is 12.1 Å². The highest BCUT2D eigenvalue weighted by Gasteiger charge is 2.22. The summed E-state index contributed by atoms with van der Waals surface area (Å²) in [4.78, 5) is 12.2. The second kappa shape index (κ2) is 8.22. The van der Waals surface area contributed by atoms with E-state index >= 15 is 0 Å². The summed E-state index contributed by atoms with van der Waals surface area (Å²) >= 11 is 0. The van der Waals surface area contributed by atoms with Gasteiger partial charge in [0.1, 0.15) is 23.6 Å². The Morgan fingerprint density at radius 2 is 2.10 bits per heavy atom. The number of ether oxygens (including phenoxy) is 3. The lowest BCUT2D eigenvalue weighted by molar-refractivity contribution is -0.0797. The fourth-order valence-electron chi connectivity index (χ4n) is 3.46. The molecule has 0 aliphatic carbocycles. The lowest BCUT2D eigenvalue weighted by Crippen LogP contribution is -2.38. The summed E-state index contributed by atoms with van der Waals surface area (Å²) in [5, 5.41) is 10.5. The van der Waals surface area contributed by atoms with Crippen molar-refractivity contribution in [3.05, 3.63) is 54.0 Å². The van der Waals surface area contributed by atoms with E-state index < -0.39 is 0 Å². The molecule has 3 aromatic rings. The topological polar surface area (TPSA) is 119 Å². The quantitative estimate of drug-likeness (QED) is 0.598. The van der Waals surface area contributed by atoms with Crippen LogP contribution in [0.25, 0.3) is 27.7 Å². The number of hydrogen-bond donors (Lipinski definition) is 2. The molecule has 0 saturated carbocycles. The number of aromatic amines is 1. The van der Waals surface area contributed by atoms with Gasteiger partial charge in [-0.25, -0.2) is 4.98 Å². The van der Waals surface area contributed by atoms with E-state index in [-0.39, 0.29) is 12.1 Å². The predicted molar refractivity (Wildman–Crippen MR) is 117 cm³/mol. The molecule has 8 heteroatoms. The number of fused-ring (bicyclic) bond motifs is 1. The van der Waals surface area contributed by atoms with Gasteiger partial charge in [-0.1, -0.05) is 6.07 Å². The number of nitrogens with one attached hydrogen (secondary N) is 1. The van der Waals surface area contributed by atoms with Crippen LogP contribution in [0, 0.1) is 11.3 Å². The molecular weight excluding hydrogens is 394 g/mol. The fraction of sp³-hybridized carbons (Fsp3) is 0.261. The number of nitriles is 1. The zero-order chi connectivity index (χ0) is 21.2. The van der Waals surface area contributed by atoms with Gasteiger partial charge >= 0.3 is 0 Å². The van der Waals surface area contributed by atoms with E-state index in [0.717, 1.165) is 33.3 Å². The molecule has 1 aromatic carbocycles. The minimum Gasteiger partial charge on any atom is -0.484 e. The van der Waals surface area contributed by atoms with Crippen molar-refractivity contribution < 1.29 is 14.2 Å². The maximum Gasteiger partial charge on any atom is 0.145 e. The molecule has 2 aromatic heterocycles. The number of allylic oxidation sites excluding steroid dienone is 1. The van der Waals surface area contributed by atoms with E-state index in [1.807, 2.05) is 30.5 Å². The molecule has 156 valence electrons. The molecule has 3 N–H and O–H groups in total. The van der Waals surface area contributed by atoms with Crippen molar-refractivity contribution >= 4 is 22.8 Å². The largest absolute Gasteiger partial charge is 0.484 e. The first-order chi connectivity index (χ1) is 15.2. The van der Waals surface area contributed by atoms with Gasteiger partial charge in [0.2, 0.25) is 0 Å². The zero-order valence-corrected chi connectivity index (χ0v) is 16.7. The monoisotopic (exact) mass is 415 g/mol. The van der Waals surface area contributed by atoms with Crippen LogP contribution in [0.4, 0.5) is 0 Å². The third kappa shape index (κ3) is 3.77. The van der Waals surface area contributed by atoms with Crippen LogP contribution >= 0.6 is 0 Å². The summed E-state index contributed by atoms with van der Waals surface area (Å²) in [5.74, 6) is 0.572. The third-order valence-corrected chi connectivity index (χ3v) is 5.40. The van der Waals surface area contributed by atoms with Gasteiger partial charge in [-0.15, -0.1) is 0 Å². The Hall–Kier alpha value is -3.67. The van der Waals surface area contributed by atoms with Crippen LogP contribution < -0.4 is 10.5 Å². The van der Waals surface area contributed by atoms with Gasteiger partial charge in [0.05, 0.1) is 38.0 Å². The van der Waals surface area contributed by atoms with Gasteiger partial charge in [0, 0.05) is 46.9 Å². The molecular formula is C23H21N5O3. The molecule has 0 unspecified atom stereocenters. The van der Waals surface area contributed by atoms with E-state index in [1.54, 1.807) is 12.4 Å². The first-order valence-corrected chi connectivity index (χ1v) is 10.0. The number of benzene rings is 1. The highest BCUT2D eigenvalue weighted by atomic mass is 16.6. The predicted octanol–water partition coefficient (Wildman–Crippen LogP) is 2.65. The molecule has 2 aliphatic rings. The first-order valence-electron chi connectivity index (χ1n) is 10.0. The van der Waals surface area contributed by atoms with Gasteiger partial charge in [0.25, 0.3) is 0 Å². The van der Waals surface area contributed by atoms with E-state index in [9.17, 15) is 5.26 Å². The summed E-state index contributed by atoms with van der Waals surface area (Å²) in [5.41, 5.74) is 10.6. The maximum absolute atomic E-state index is 9.61. The van der Waals surface area contributed by atoms with E-state index in [0.29, 0.717) is 37.7 Å². The number of H-pyrrole nitrogens is 1. The van der Waals surface area contributed by atoms with Crippen LogP contribution in [-0.2, 0) is 9.47 Å². The summed E-state index contributed by atoms with van der Waals surface area (Å²) in [6, 6.07) is 10.1. The third-order valence-electron chi connectivity index (χ3n) is 5.40. The zero-order valence-electron chi connectivity index (χ0n) is 16.7. The van der Waals surface area contributed by atoms with Crippen LogP contribution in [0.15, 0.2) is 47.9 Å². The number of rotatable bonds is 6. The summed E-state index contributed by atoms with van der Waals surface area (Å²) in [6.07, 6.45) is 6.97. The van der Waals surface area contributed by atoms with Gasteiger partial charge < -0.3 is 24.9 Å². The van der Waals surface area contributed by atoms with E-state index in [2.05, 4.69) is 21.0 Å². The van der Waals surface area contributed by atoms with Crippen molar-refractivity contribution in [2.75, 3.05) is 26.4 Å². The van der Waals surface area contributed by atoms with Crippen LogP contribution in [0.3, 0.4) is 0 Å². The molecule has 0 radical (unpaired) electrons. The minimum atomic E-state index is 0.00688. The molecule has 2 saturated heterocycles. The Morgan fingerprint density at radius 3 is 2.77 bits per heavy atom. The van der Waals surface area contributed by atoms with Crippen molar-refractivity contribution in [3.63, 3.8) is 0 Å². The van der Waals surface area contributed by atoms with Crippen LogP contribution in [0.2, 0.25) is 0 Å². The highest BCUT2D eigenvalue weighted by Crippen LogP contribution is 2.33. The lowest BCUT2D eigenvalue weighted by atomic mass is 10.0. The molecule has 0 spiro atoms. The van der Waals surface area contributed by atoms with Gasteiger partial charge in [-0.2, -0.15) is 5.26 Å². The molecule has 0 atom stereocenters. The molecule has 0 amide bonds. The molecule has 4 heterocycles. The molecule has 31 heavy (non-hydrogen) atoms. The number of hydrogen-bond acceptors (Lipinski definition) is 7.